The van der Waals surface area contributed by atoms with Crippen LogP contribution in [-0.2, 0) is 22.9 Å². The first-order valence-corrected chi connectivity index (χ1v) is 6.42. The summed E-state index contributed by atoms with van der Waals surface area (Å²) in [5.41, 5.74) is 0. The quantitative estimate of drug-likeness (QED) is 0.529. The van der Waals surface area contributed by atoms with Gasteiger partial charge in [0.25, 0.3) is 11.9 Å². The average molecular weight is 241 g/mol. The first-order chi connectivity index (χ1) is 6.45. The van der Waals surface area contributed by atoms with Gasteiger partial charge in [-0.05, 0) is 0 Å². The summed E-state index contributed by atoms with van der Waals surface area (Å²) in [4.78, 5) is 21.5. The molecule has 0 unspecified atom stereocenters. The van der Waals surface area contributed by atoms with E-state index in [1.54, 1.807) is 0 Å². The molecule has 0 spiro atoms. The maximum Gasteiger partial charge on any atom is 0.636 e. The Morgan fingerprint density at radius 2 is 1.64 bits per heavy atom. The zero-order valence-corrected chi connectivity index (χ0v) is 10.1. The van der Waals surface area contributed by atoms with Crippen molar-refractivity contribution in [1.82, 2.24) is 0 Å². The van der Waals surface area contributed by atoms with Crippen LogP contribution in [-0.4, -0.2) is 33.7 Å². The highest BCUT2D eigenvalue weighted by molar-refractivity contribution is 6.64. The van der Waals surface area contributed by atoms with Gasteiger partial charge in [-0.25, -0.2) is 0 Å². The van der Waals surface area contributed by atoms with Crippen LogP contribution >= 0.6 is 11.6 Å². The molecule has 0 aliphatic heterocycles. The van der Waals surface area contributed by atoms with E-state index in [4.69, 9.17) is 24.9 Å². The molecule has 0 saturated carbocycles. The lowest BCUT2D eigenvalue weighted by Crippen LogP contribution is -2.47. The minimum Gasteiger partial charge on any atom is -0.464 e. The Hall–Kier alpha value is -0.593. The van der Waals surface area contributed by atoms with Crippen LogP contribution in [0.1, 0.15) is 13.8 Å². The number of hydrogen-bond acceptors (Lipinski definition) is 5. The van der Waals surface area contributed by atoms with Crippen molar-refractivity contribution in [3.63, 3.8) is 0 Å². The van der Waals surface area contributed by atoms with Gasteiger partial charge in [0.1, 0.15) is 0 Å². The smallest absolute Gasteiger partial charge is 0.464 e. The van der Waals surface area contributed by atoms with Gasteiger partial charge >= 0.3 is 8.80 Å². The largest absolute Gasteiger partial charge is 0.636 e. The molecule has 0 atom stereocenters. The fourth-order valence-electron chi connectivity index (χ4n) is 0.862. The van der Waals surface area contributed by atoms with Crippen LogP contribution in [0, 0.1) is 0 Å². The fraction of sp³-hybridized carbons (Fsp3) is 0.714. The van der Waals surface area contributed by atoms with E-state index < -0.39 is 20.7 Å². The van der Waals surface area contributed by atoms with Crippen LogP contribution in [0.2, 0.25) is 6.04 Å². The Labute approximate surface area is 88.6 Å². The molecule has 14 heavy (non-hydrogen) atoms. The summed E-state index contributed by atoms with van der Waals surface area (Å²) in [5.74, 6) is -0.907. The number of carbonyl (C=O) groups excluding carboxylic acids is 2. The van der Waals surface area contributed by atoms with Crippen LogP contribution in [0.25, 0.3) is 0 Å². The predicted octanol–water partition coefficient (Wildman–Crippen LogP) is 0.937. The third-order valence-electron chi connectivity index (χ3n) is 1.31. The Balaban J connectivity index is 4.58. The number of carbonyl (C=O) groups is 2. The number of hydrogen-bond donors (Lipinski definition) is 0. The Morgan fingerprint density at radius 1 is 1.21 bits per heavy atom. The van der Waals surface area contributed by atoms with E-state index in [1.807, 2.05) is 0 Å². The zero-order chi connectivity index (χ0) is 11.2. The van der Waals surface area contributed by atoms with Crippen LogP contribution in [0.5, 0.6) is 0 Å². The lowest BCUT2D eigenvalue weighted by Gasteiger charge is -2.24. The van der Waals surface area contributed by atoms with Crippen molar-refractivity contribution in [2.45, 2.75) is 19.9 Å². The molecule has 0 bridgehead atoms. The lowest BCUT2D eigenvalue weighted by molar-refractivity contribution is -0.142. The molecule has 0 saturated heterocycles. The first-order valence-electron chi connectivity index (χ1n) is 3.96. The van der Waals surface area contributed by atoms with E-state index in [0.717, 1.165) is 0 Å². The topological polar surface area (TPSA) is 61.8 Å². The first kappa shape index (κ1) is 13.4. The molecule has 0 rings (SSSR count). The molecule has 7 heteroatoms. The second-order valence-electron chi connectivity index (χ2n) is 2.51. The average Bonchev–Trinajstić information content (AvgIpc) is 2.02. The Kier molecular flexibility index (Phi) is 5.74. The van der Waals surface area contributed by atoms with Gasteiger partial charge in [-0.3, -0.25) is 9.59 Å². The molecule has 0 aromatic carbocycles. The maximum atomic E-state index is 10.8. The Morgan fingerprint density at radius 3 is 1.86 bits per heavy atom. The van der Waals surface area contributed by atoms with Crippen molar-refractivity contribution >= 4 is 32.3 Å². The summed E-state index contributed by atoms with van der Waals surface area (Å²) < 4.78 is 14.7. The summed E-state index contributed by atoms with van der Waals surface area (Å²) in [6.45, 7) is 2.44. The van der Waals surface area contributed by atoms with Crippen molar-refractivity contribution in [3.05, 3.63) is 0 Å². The molecule has 0 heterocycles. The zero-order valence-electron chi connectivity index (χ0n) is 8.33. The number of halogens is 1. The predicted molar refractivity (Wildman–Crippen MR) is 51.8 cm³/mol. The van der Waals surface area contributed by atoms with Gasteiger partial charge in [-0.1, -0.05) is 0 Å². The molecular formula is C7H13ClO5Si. The summed E-state index contributed by atoms with van der Waals surface area (Å²) in [7, 11) is -1.90. The van der Waals surface area contributed by atoms with Crippen molar-refractivity contribution < 1.29 is 22.9 Å². The van der Waals surface area contributed by atoms with Crippen molar-refractivity contribution in [3.8, 4) is 0 Å². The van der Waals surface area contributed by atoms with Gasteiger partial charge < -0.3 is 13.3 Å². The van der Waals surface area contributed by atoms with Gasteiger partial charge in [-0.15, -0.1) is 11.6 Å². The standard InChI is InChI=1S/C7H13ClO5Si/c1-6(9)12-14(11-3,5-4-8)13-7(2)10/h4-5H2,1-3H3. The van der Waals surface area contributed by atoms with Gasteiger partial charge in [0.05, 0.1) is 6.04 Å². The summed E-state index contributed by atoms with van der Waals surface area (Å²) >= 11 is 5.50. The maximum absolute atomic E-state index is 10.8. The van der Waals surface area contributed by atoms with Crippen LogP contribution < -0.4 is 0 Å². The molecule has 0 radical (unpaired) electrons. The van der Waals surface area contributed by atoms with E-state index in [-0.39, 0.29) is 11.9 Å². The SMILES string of the molecule is CO[Si](CCCl)(OC(C)=O)OC(C)=O. The summed E-state index contributed by atoms with van der Waals surface area (Å²) in [6, 6.07) is 0.213. The highest BCUT2D eigenvalue weighted by atomic mass is 35.5. The normalized spacial score (nSPS) is 10.9. The van der Waals surface area contributed by atoms with E-state index in [2.05, 4.69) is 0 Å². The second kappa shape index (κ2) is 6.00. The van der Waals surface area contributed by atoms with Crippen molar-refractivity contribution in [2.75, 3.05) is 13.0 Å². The molecule has 0 aliphatic rings. The highest BCUT2D eigenvalue weighted by Gasteiger charge is 2.46. The fourth-order valence-corrected chi connectivity index (χ4v) is 3.28. The van der Waals surface area contributed by atoms with E-state index >= 15 is 0 Å². The molecule has 0 fully saturated rings. The molecule has 5 nitrogen and oxygen atoms in total. The van der Waals surface area contributed by atoms with E-state index in [0.29, 0.717) is 0 Å². The van der Waals surface area contributed by atoms with Crippen LogP contribution in [0.4, 0.5) is 0 Å². The molecule has 82 valence electrons. The molecule has 0 aliphatic carbocycles. The molecule has 0 aromatic heterocycles. The van der Waals surface area contributed by atoms with Gasteiger partial charge in [-0.2, -0.15) is 0 Å². The molecule has 0 aromatic rings. The minimum atomic E-state index is -3.23. The van der Waals surface area contributed by atoms with Crippen molar-refractivity contribution in [1.29, 1.82) is 0 Å². The number of rotatable bonds is 5. The third kappa shape index (κ3) is 4.59. The molecule has 0 amide bonds. The summed E-state index contributed by atoms with van der Waals surface area (Å²) in [6.07, 6.45) is 0. The lowest BCUT2D eigenvalue weighted by atomic mass is 10.9. The summed E-state index contributed by atoms with van der Waals surface area (Å²) in [5, 5.41) is 0. The second-order valence-corrected chi connectivity index (χ2v) is 5.57. The number of alkyl halides is 1. The van der Waals surface area contributed by atoms with Crippen molar-refractivity contribution in [2.24, 2.45) is 0 Å². The highest BCUT2D eigenvalue weighted by Crippen LogP contribution is 2.16. The van der Waals surface area contributed by atoms with Crippen LogP contribution in [0.15, 0.2) is 0 Å². The Bertz CT molecular complexity index is 204. The molecular weight excluding hydrogens is 228 g/mol. The third-order valence-corrected chi connectivity index (χ3v) is 4.50. The van der Waals surface area contributed by atoms with Gasteiger partial charge in [0.15, 0.2) is 0 Å². The monoisotopic (exact) mass is 240 g/mol. The van der Waals surface area contributed by atoms with E-state index in [1.165, 1.54) is 21.0 Å². The van der Waals surface area contributed by atoms with Gasteiger partial charge in [0.2, 0.25) is 0 Å². The van der Waals surface area contributed by atoms with Gasteiger partial charge in [0, 0.05) is 26.8 Å². The minimum absolute atomic E-state index is 0.195. The van der Waals surface area contributed by atoms with Crippen LogP contribution in [0.3, 0.4) is 0 Å². The van der Waals surface area contributed by atoms with E-state index in [9.17, 15) is 9.59 Å². The molecule has 0 N–H and O–H groups in total.